The number of anilines is 1. The van der Waals surface area contributed by atoms with Crippen LogP contribution in [0.25, 0.3) is 5.57 Å². The predicted molar refractivity (Wildman–Crippen MR) is 287 cm³/mol. The van der Waals surface area contributed by atoms with Gasteiger partial charge < -0.3 is 47.9 Å². The number of rotatable bonds is 30. The molecule has 1 aliphatic carbocycles. The Hall–Kier alpha value is -5.08. The molecule has 1 N–H and O–H groups in total. The van der Waals surface area contributed by atoms with E-state index in [1.54, 1.807) is 39.5 Å². The molecule has 0 amide bonds. The number of terminal acetylenes is 1. The third kappa shape index (κ3) is 23.3. The molecule has 14 heteroatoms. The van der Waals surface area contributed by atoms with E-state index in [4.69, 9.17) is 44.3 Å². The third-order valence-corrected chi connectivity index (χ3v) is 11.1. The molecule has 14 nitrogen and oxygen atoms in total. The van der Waals surface area contributed by atoms with Crippen LogP contribution in [0.2, 0.25) is 0 Å². The fraction of sp³-hybridized carbons (Fsp3) is 0.544. The summed E-state index contributed by atoms with van der Waals surface area (Å²) in [6.45, 7) is 23.1. The van der Waals surface area contributed by atoms with Gasteiger partial charge in [0.1, 0.15) is 17.3 Å². The van der Waals surface area contributed by atoms with E-state index in [9.17, 15) is 15.2 Å². The van der Waals surface area contributed by atoms with Crippen molar-refractivity contribution in [1.29, 1.82) is 0 Å². The van der Waals surface area contributed by atoms with Gasteiger partial charge in [0.2, 0.25) is 0 Å². The largest absolute Gasteiger partial charge is 0.507 e. The number of hydrogen-bond donors (Lipinski definition) is 1. The molecule has 0 radical (unpaired) electrons. The molecule has 3 aromatic carbocycles. The van der Waals surface area contributed by atoms with Crippen LogP contribution in [0.1, 0.15) is 95.9 Å². The lowest BCUT2D eigenvalue weighted by molar-refractivity contribution is -0.384. The summed E-state index contributed by atoms with van der Waals surface area (Å²) in [6, 6.07) is 18.1. The maximum Gasteiger partial charge on any atom is 0.269 e. The summed E-state index contributed by atoms with van der Waals surface area (Å²) in [4.78, 5) is 15.3. The number of allylic oxidation sites excluding steroid dienone is 1. The summed E-state index contributed by atoms with van der Waals surface area (Å²) in [5.41, 5.74) is 5.95. The van der Waals surface area contributed by atoms with Crippen LogP contribution in [0.5, 0.6) is 11.5 Å². The van der Waals surface area contributed by atoms with Gasteiger partial charge in [0.15, 0.2) is 0 Å². The molecular weight excluding hydrogens is 903 g/mol. The van der Waals surface area contributed by atoms with Crippen molar-refractivity contribution in [1.82, 2.24) is 4.90 Å². The molecule has 1 unspecified atom stereocenters. The number of unbranched alkanes of at least 4 members (excludes halogenated alkanes) is 1. The molecule has 71 heavy (non-hydrogen) atoms. The number of nitro benzene ring substituents is 1. The van der Waals surface area contributed by atoms with Crippen molar-refractivity contribution in [2.75, 3.05) is 125 Å². The van der Waals surface area contributed by atoms with E-state index < -0.39 is 0 Å². The standard InChI is InChI=1S/C41H47N3O7.2C6H14O2.C4H10/c1-5-22-49-23-20-43(21-24-50-26-25-48-4)34-14-17-37-40(29-34)51-39-28-33(42(7-3)19-18-31-8-11-32(12-9-31)44(46)47)13-16-36(39)41(37)35-15-10-30(6-2)27-38(35)45;2*1-3-4-8-6-5-7-2;1-3-4-2/h2,8-17,27-29,34,45H,5,7,18-26H2,1,3-4H3;2*3-6H2,1-2H3;3-4H2,1-2H3. The molecule has 0 aromatic heterocycles. The molecule has 394 valence electrons. The summed E-state index contributed by atoms with van der Waals surface area (Å²) in [7, 11) is 5.01. The molecule has 0 saturated heterocycles. The summed E-state index contributed by atoms with van der Waals surface area (Å²) >= 11 is 0. The first kappa shape index (κ1) is 62.0. The van der Waals surface area contributed by atoms with E-state index in [1.807, 2.05) is 36.4 Å². The average molecular weight is 988 g/mol. The summed E-state index contributed by atoms with van der Waals surface area (Å²) in [5.74, 6) is 4.09. The van der Waals surface area contributed by atoms with Gasteiger partial charge in [0.25, 0.3) is 5.69 Å². The van der Waals surface area contributed by atoms with Crippen molar-refractivity contribution in [2.45, 2.75) is 86.1 Å². The second-order valence-electron chi connectivity index (χ2n) is 16.5. The van der Waals surface area contributed by atoms with Gasteiger partial charge in [-0.2, -0.15) is 0 Å². The zero-order chi connectivity index (χ0) is 52.1. The van der Waals surface area contributed by atoms with Crippen molar-refractivity contribution in [2.24, 2.45) is 0 Å². The third-order valence-electron chi connectivity index (χ3n) is 11.1. The van der Waals surface area contributed by atoms with Crippen molar-refractivity contribution in [3.05, 3.63) is 123 Å². The quantitative estimate of drug-likeness (QED) is 0.0293. The fourth-order valence-corrected chi connectivity index (χ4v) is 7.05. The number of nitro groups is 1. The molecule has 5 rings (SSSR count). The highest BCUT2D eigenvalue weighted by molar-refractivity contribution is 5.93. The van der Waals surface area contributed by atoms with Crippen LogP contribution in [-0.4, -0.2) is 141 Å². The van der Waals surface area contributed by atoms with Gasteiger partial charge in [-0.25, -0.2) is 0 Å². The number of aromatic hydroxyl groups is 1. The normalized spacial score (nSPS) is 13.3. The highest BCUT2D eigenvalue weighted by Crippen LogP contribution is 2.46. The smallest absolute Gasteiger partial charge is 0.269 e. The Morgan fingerprint density at radius 3 is 1.72 bits per heavy atom. The Labute approximate surface area is 426 Å². The molecule has 1 atom stereocenters. The lowest BCUT2D eigenvalue weighted by Crippen LogP contribution is -2.39. The predicted octanol–water partition coefficient (Wildman–Crippen LogP) is 10.7. The molecule has 0 saturated carbocycles. The minimum Gasteiger partial charge on any atom is -0.507 e. The van der Waals surface area contributed by atoms with Crippen molar-refractivity contribution in [3.8, 4) is 23.8 Å². The number of likely N-dealkylation sites (N-methyl/N-ethyl adjacent to an activating group) is 1. The molecule has 0 bridgehead atoms. The molecule has 3 aromatic rings. The summed E-state index contributed by atoms with van der Waals surface area (Å²) in [6.07, 6.45) is 18.5. The van der Waals surface area contributed by atoms with E-state index >= 15 is 0 Å². The Bertz CT molecular complexity index is 2020. The summed E-state index contributed by atoms with van der Waals surface area (Å²) < 4.78 is 43.3. The Balaban J connectivity index is 0.000000724. The van der Waals surface area contributed by atoms with Crippen LogP contribution >= 0.6 is 0 Å². The van der Waals surface area contributed by atoms with E-state index in [2.05, 4.69) is 81.6 Å². The van der Waals surface area contributed by atoms with Crippen LogP contribution in [0.4, 0.5) is 11.4 Å². The fourth-order valence-electron chi connectivity index (χ4n) is 7.05. The lowest BCUT2D eigenvalue weighted by atomic mass is 9.86. The topological polar surface area (TPSA) is 144 Å². The van der Waals surface area contributed by atoms with Crippen molar-refractivity contribution in [3.63, 3.8) is 0 Å². The van der Waals surface area contributed by atoms with Crippen LogP contribution in [0.3, 0.4) is 0 Å². The van der Waals surface area contributed by atoms with Crippen molar-refractivity contribution < 1.29 is 47.9 Å². The summed E-state index contributed by atoms with van der Waals surface area (Å²) in [5, 5.41) is 22.3. The zero-order valence-corrected chi connectivity index (χ0v) is 44.4. The maximum atomic E-state index is 11.2. The van der Waals surface area contributed by atoms with Gasteiger partial charge in [-0.3, -0.25) is 15.0 Å². The van der Waals surface area contributed by atoms with Gasteiger partial charge in [-0.15, -0.1) is 6.42 Å². The van der Waals surface area contributed by atoms with Crippen LogP contribution in [-0.2, 0) is 39.6 Å². The SMILES string of the molecule is C#Cc1ccc(C2=C3C=CC(N(CCOCCC)CCOCCOC)C=C3Oc3cc(N(CC)CCc4ccc([N+](=O)[O-])cc4)ccc32)c(O)c1.CCCC.CCCOCCOC.CCCOCCOC. The Kier molecular flexibility index (Phi) is 33.7. The van der Waals surface area contributed by atoms with Gasteiger partial charge in [-0.1, -0.05) is 77.7 Å². The van der Waals surface area contributed by atoms with Crippen LogP contribution in [0, 0.1) is 22.5 Å². The number of nitrogens with zero attached hydrogens (tertiary/aromatic N) is 3. The van der Waals surface area contributed by atoms with Gasteiger partial charge in [0.05, 0.1) is 63.8 Å². The first-order valence-corrected chi connectivity index (χ1v) is 25.4. The number of fused-ring (bicyclic) bond motifs is 2. The number of methoxy groups -OCH3 is 3. The lowest BCUT2D eigenvalue weighted by Gasteiger charge is -2.33. The number of non-ortho nitro benzene ring substituents is 1. The first-order chi connectivity index (χ1) is 34.6. The monoisotopic (exact) mass is 988 g/mol. The van der Waals surface area contributed by atoms with Gasteiger partial charge >= 0.3 is 0 Å². The molecule has 0 fully saturated rings. The highest BCUT2D eigenvalue weighted by atomic mass is 16.6. The van der Waals surface area contributed by atoms with Crippen molar-refractivity contribution >= 4 is 16.9 Å². The van der Waals surface area contributed by atoms with Crippen LogP contribution in [0.15, 0.2) is 90.2 Å². The van der Waals surface area contributed by atoms with Gasteiger partial charge in [-0.05, 0) is 74.6 Å². The zero-order valence-electron chi connectivity index (χ0n) is 44.4. The van der Waals surface area contributed by atoms with E-state index in [-0.39, 0.29) is 22.4 Å². The highest BCUT2D eigenvalue weighted by Gasteiger charge is 2.30. The number of phenols is 1. The van der Waals surface area contributed by atoms with Crippen LogP contribution < -0.4 is 9.64 Å². The number of benzene rings is 3. The molecular formula is C57H85N3O11. The Morgan fingerprint density at radius 1 is 0.676 bits per heavy atom. The van der Waals surface area contributed by atoms with E-state index in [1.165, 1.54) is 12.8 Å². The van der Waals surface area contributed by atoms with E-state index in [0.29, 0.717) is 88.5 Å². The average Bonchev–Trinajstić information content (AvgIpc) is 3.39. The first-order valence-electron chi connectivity index (χ1n) is 25.4. The number of ether oxygens (including phenoxy) is 8. The maximum absolute atomic E-state index is 11.2. The molecule has 2 aliphatic rings. The molecule has 1 aliphatic heterocycles. The van der Waals surface area contributed by atoms with Gasteiger partial charge in [0, 0.05) is 119 Å². The number of hydrogen-bond acceptors (Lipinski definition) is 13. The Morgan fingerprint density at radius 2 is 1.23 bits per heavy atom. The number of phenolic OH excluding ortho intramolecular Hbond substituents is 1. The minimum atomic E-state index is -0.384. The second-order valence-corrected chi connectivity index (χ2v) is 16.5. The second kappa shape index (κ2) is 38.6. The molecule has 0 spiro atoms. The minimum absolute atomic E-state index is 0.0720. The van der Waals surface area contributed by atoms with E-state index in [0.717, 1.165) is 86.6 Å². The molecule has 1 heterocycles.